The van der Waals surface area contributed by atoms with E-state index in [0.717, 1.165) is 17.7 Å². The summed E-state index contributed by atoms with van der Waals surface area (Å²) in [5.74, 6) is -0.534. The van der Waals surface area contributed by atoms with Gasteiger partial charge in [-0.1, -0.05) is 12.1 Å². The number of carbonyl (C=O) groups excluding carboxylic acids is 2. The molecule has 7 nitrogen and oxygen atoms in total. The molecule has 1 aromatic carbocycles. The quantitative estimate of drug-likeness (QED) is 0.757. The van der Waals surface area contributed by atoms with Crippen molar-refractivity contribution in [3.63, 3.8) is 0 Å². The third-order valence-corrected chi connectivity index (χ3v) is 4.45. The van der Waals surface area contributed by atoms with Crippen LogP contribution in [0.15, 0.2) is 35.1 Å². The van der Waals surface area contributed by atoms with E-state index in [2.05, 4.69) is 10.3 Å². The second-order valence-electron chi connectivity index (χ2n) is 6.16. The molecule has 0 radical (unpaired) electrons. The standard InChI is InChI=1S/C19H21N3O4/c1-2-26-16-9-4-3-6-11(16)18(24)21-14-7-5-8-15-12(14)10-13(17(20)23)19(25)22-15/h3-4,6,9-10,14H,2,5,7-8H2,1H3,(H2,20,23)(H,21,24)(H,22,25). The maximum atomic E-state index is 12.7. The van der Waals surface area contributed by atoms with E-state index in [1.807, 2.05) is 13.0 Å². The molecule has 1 unspecified atom stereocenters. The van der Waals surface area contributed by atoms with Crippen molar-refractivity contribution in [1.29, 1.82) is 0 Å². The van der Waals surface area contributed by atoms with Crippen LogP contribution in [0, 0.1) is 0 Å². The largest absolute Gasteiger partial charge is 0.493 e. The number of H-pyrrole nitrogens is 1. The van der Waals surface area contributed by atoms with Gasteiger partial charge in [0.2, 0.25) is 0 Å². The number of amides is 2. The topological polar surface area (TPSA) is 114 Å². The number of hydrogen-bond donors (Lipinski definition) is 3. The molecule has 136 valence electrons. The monoisotopic (exact) mass is 355 g/mol. The van der Waals surface area contributed by atoms with Crippen molar-refractivity contribution in [3.05, 3.63) is 63.1 Å². The van der Waals surface area contributed by atoms with Crippen molar-refractivity contribution in [2.45, 2.75) is 32.2 Å². The molecule has 0 bridgehead atoms. The average molecular weight is 355 g/mol. The molecule has 7 heteroatoms. The Labute approximate surface area is 150 Å². The molecular weight excluding hydrogens is 334 g/mol. The maximum Gasteiger partial charge on any atom is 0.261 e. The molecule has 26 heavy (non-hydrogen) atoms. The Morgan fingerprint density at radius 3 is 2.81 bits per heavy atom. The zero-order chi connectivity index (χ0) is 18.7. The SMILES string of the molecule is CCOc1ccccc1C(=O)NC1CCCc2[nH]c(=O)c(C(N)=O)cc21. The molecule has 1 aliphatic rings. The van der Waals surface area contributed by atoms with E-state index in [-0.39, 0.29) is 17.5 Å². The van der Waals surface area contributed by atoms with Crippen LogP contribution in [0.3, 0.4) is 0 Å². The van der Waals surface area contributed by atoms with E-state index >= 15 is 0 Å². The van der Waals surface area contributed by atoms with E-state index in [1.165, 1.54) is 6.07 Å². The Bertz CT molecular complexity index is 904. The van der Waals surface area contributed by atoms with Crippen LogP contribution in [-0.4, -0.2) is 23.4 Å². The molecule has 3 rings (SSSR count). The van der Waals surface area contributed by atoms with E-state index in [1.54, 1.807) is 18.2 Å². The van der Waals surface area contributed by atoms with Gasteiger partial charge in [0.1, 0.15) is 11.3 Å². The number of aromatic nitrogens is 1. The summed E-state index contributed by atoms with van der Waals surface area (Å²) in [6.45, 7) is 2.31. The molecule has 0 fully saturated rings. The number of fused-ring (bicyclic) bond motifs is 1. The summed E-state index contributed by atoms with van der Waals surface area (Å²) >= 11 is 0. The molecule has 0 saturated heterocycles. The van der Waals surface area contributed by atoms with Crippen LogP contribution in [0.1, 0.15) is 57.8 Å². The molecule has 0 spiro atoms. The number of rotatable bonds is 5. The minimum Gasteiger partial charge on any atom is -0.493 e. The Morgan fingerprint density at radius 1 is 1.31 bits per heavy atom. The molecule has 2 aromatic rings. The number of para-hydroxylation sites is 1. The maximum absolute atomic E-state index is 12.7. The number of nitrogens with two attached hydrogens (primary N) is 1. The van der Waals surface area contributed by atoms with Crippen LogP contribution in [-0.2, 0) is 6.42 Å². The van der Waals surface area contributed by atoms with Crippen LogP contribution >= 0.6 is 0 Å². The number of nitrogens with one attached hydrogen (secondary N) is 2. The van der Waals surface area contributed by atoms with Crippen LogP contribution in [0.4, 0.5) is 0 Å². The van der Waals surface area contributed by atoms with Gasteiger partial charge in [0.25, 0.3) is 17.4 Å². The number of primary amides is 1. The van der Waals surface area contributed by atoms with Crippen molar-refractivity contribution in [3.8, 4) is 5.75 Å². The van der Waals surface area contributed by atoms with Gasteiger partial charge in [-0.15, -0.1) is 0 Å². The Morgan fingerprint density at radius 2 is 2.08 bits per heavy atom. The van der Waals surface area contributed by atoms with Crippen molar-refractivity contribution in [2.24, 2.45) is 5.73 Å². The number of ether oxygens (including phenoxy) is 1. The lowest BCUT2D eigenvalue weighted by molar-refractivity contribution is 0.0928. The predicted octanol–water partition coefficient (Wildman–Crippen LogP) is 1.68. The molecule has 1 aliphatic carbocycles. The van der Waals surface area contributed by atoms with Gasteiger partial charge in [0, 0.05) is 5.69 Å². The lowest BCUT2D eigenvalue weighted by Gasteiger charge is -2.26. The van der Waals surface area contributed by atoms with Crippen LogP contribution in [0.25, 0.3) is 0 Å². The molecule has 1 atom stereocenters. The summed E-state index contributed by atoms with van der Waals surface area (Å²) in [4.78, 5) is 38.9. The first-order valence-corrected chi connectivity index (χ1v) is 8.59. The molecule has 1 heterocycles. The lowest BCUT2D eigenvalue weighted by atomic mass is 9.90. The first-order chi connectivity index (χ1) is 12.5. The first-order valence-electron chi connectivity index (χ1n) is 8.59. The summed E-state index contributed by atoms with van der Waals surface area (Å²) in [6.07, 6.45) is 2.21. The lowest BCUT2D eigenvalue weighted by Crippen LogP contribution is -2.34. The summed E-state index contributed by atoms with van der Waals surface area (Å²) in [5, 5.41) is 2.98. The van der Waals surface area contributed by atoms with Gasteiger partial charge in [-0.05, 0) is 49.9 Å². The van der Waals surface area contributed by atoms with E-state index in [0.29, 0.717) is 30.8 Å². The first kappa shape index (κ1) is 17.7. The second-order valence-corrected chi connectivity index (χ2v) is 6.16. The third kappa shape index (κ3) is 3.46. The normalized spacial score (nSPS) is 15.8. The highest BCUT2D eigenvalue weighted by molar-refractivity contribution is 5.97. The van der Waals surface area contributed by atoms with Gasteiger partial charge in [0.05, 0.1) is 18.2 Å². The fourth-order valence-electron chi connectivity index (χ4n) is 3.25. The Kier molecular flexibility index (Phi) is 5.06. The number of hydrogen-bond acceptors (Lipinski definition) is 4. The summed E-state index contributed by atoms with van der Waals surface area (Å²) in [5.41, 5.74) is 6.59. The number of aryl methyl sites for hydroxylation is 1. The fourth-order valence-corrected chi connectivity index (χ4v) is 3.25. The average Bonchev–Trinajstić information content (AvgIpc) is 2.61. The van der Waals surface area contributed by atoms with Crippen molar-refractivity contribution in [1.82, 2.24) is 10.3 Å². The van der Waals surface area contributed by atoms with Gasteiger partial charge in [-0.25, -0.2) is 0 Å². The fraction of sp³-hybridized carbons (Fsp3) is 0.316. The minimum absolute atomic E-state index is 0.0976. The van der Waals surface area contributed by atoms with Gasteiger partial charge < -0.3 is 20.8 Å². The highest BCUT2D eigenvalue weighted by Gasteiger charge is 2.26. The third-order valence-electron chi connectivity index (χ3n) is 4.45. The minimum atomic E-state index is -0.786. The summed E-state index contributed by atoms with van der Waals surface area (Å²) < 4.78 is 5.51. The van der Waals surface area contributed by atoms with E-state index in [4.69, 9.17) is 10.5 Å². The molecule has 0 saturated carbocycles. The number of pyridine rings is 1. The smallest absolute Gasteiger partial charge is 0.261 e. The van der Waals surface area contributed by atoms with Gasteiger partial charge in [-0.3, -0.25) is 14.4 Å². The molecule has 2 amide bonds. The van der Waals surface area contributed by atoms with E-state index < -0.39 is 11.5 Å². The highest BCUT2D eigenvalue weighted by Crippen LogP contribution is 2.29. The van der Waals surface area contributed by atoms with Gasteiger partial charge >= 0.3 is 0 Å². The summed E-state index contributed by atoms with van der Waals surface area (Å²) in [7, 11) is 0. The Hall–Kier alpha value is -3.09. The van der Waals surface area contributed by atoms with Crippen LogP contribution in [0.2, 0.25) is 0 Å². The van der Waals surface area contributed by atoms with Gasteiger partial charge in [-0.2, -0.15) is 0 Å². The summed E-state index contributed by atoms with van der Waals surface area (Å²) in [6, 6.07) is 8.21. The Balaban J connectivity index is 1.91. The molecular formula is C19H21N3O4. The van der Waals surface area contributed by atoms with Crippen molar-refractivity contribution < 1.29 is 14.3 Å². The van der Waals surface area contributed by atoms with Crippen LogP contribution in [0.5, 0.6) is 5.75 Å². The number of carbonyl (C=O) groups is 2. The van der Waals surface area contributed by atoms with Gasteiger partial charge in [0.15, 0.2) is 0 Å². The number of aromatic amines is 1. The zero-order valence-corrected chi connectivity index (χ0v) is 14.5. The number of benzene rings is 1. The van der Waals surface area contributed by atoms with Crippen molar-refractivity contribution in [2.75, 3.05) is 6.61 Å². The zero-order valence-electron chi connectivity index (χ0n) is 14.5. The van der Waals surface area contributed by atoms with Crippen LogP contribution < -0.4 is 21.3 Å². The predicted molar refractivity (Wildman–Crippen MR) is 96.3 cm³/mol. The molecule has 1 aromatic heterocycles. The molecule has 4 N–H and O–H groups in total. The highest BCUT2D eigenvalue weighted by atomic mass is 16.5. The molecule has 0 aliphatic heterocycles. The van der Waals surface area contributed by atoms with Crippen molar-refractivity contribution >= 4 is 11.8 Å². The van der Waals surface area contributed by atoms with E-state index in [9.17, 15) is 14.4 Å². The second kappa shape index (κ2) is 7.43.